The maximum Gasteiger partial charge on any atom is 0.101 e. The van der Waals surface area contributed by atoms with Crippen molar-refractivity contribution in [3.63, 3.8) is 0 Å². The maximum absolute atomic E-state index is 11.5. The molecule has 1 nitrogen and oxygen atoms in total. The highest BCUT2D eigenvalue weighted by atomic mass is 16.3. The van der Waals surface area contributed by atoms with Crippen molar-refractivity contribution in [3.05, 3.63) is 71.8 Å². The summed E-state index contributed by atoms with van der Waals surface area (Å²) in [6, 6.07) is 20.3. The van der Waals surface area contributed by atoms with E-state index >= 15 is 0 Å². The molecule has 0 aliphatic heterocycles. The van der Waals surface area contributed by atoms with Crippen LogP contribution in [-0.4, -0.2) is 5.11 Å². The summed E-state index contributed by atoms with van der Waals surface area (Å²) in [6.07, 6.45) is 0. The molecule has 1 heteroatoms. The summed E-state index contributed by atoms with van der Waals surface area (Å²) in [7, 11) is 0. The molecule has 0 bridgehead atoms. The molecule has 2 aromatic rings. The van der Waals surface area contributed by atoms with E-state index in [1.165, 1.54) is 0 Å². The largest absolute Gasteiger partial charge is 0.384 e. The van der Waals surface area contributed by atoms with E-state index in [0.29, 0.717) is 0 Å². The van der Waals surface area contributed by atoms with Gasteiger partial charge in [0.1, 0.15) is 5.60 Å². The van der Waals surface area contributed by atoms with E-state index in [0.717, 1.165) is 11.1 Å². The fourth-order valence-electron chi connectivity index (χ4n) is 3.18. The second kappa shape index (κ2) is 5.41. The van der Waals surface area contributed by atoms with Crippen molar-refractivity contribution in [2.45, 2.75) is 38.7 Å². The van der Waals surface area contributed by atoms with Crippen LogP contribution in [0.15, 0.2) is 60.7 Å². The van der Waals surface area contributed by atoms with Gasteiger partial charge in [-0.25, -0.2) is 0 Å². The Labute approximate surface area is 122 Å². The molecule has 0 heterocycles. The van der Waals surface area contributed by atoms with Crippen molar-refractivity contribution in [1.29, 1.82) is 0 Å². The van der Waals surface area contributed by atoms with Crippen LogP contribution in [0.25, 0.3) is 0 Å². The fraction of sp³-hybridized carbons (Fsp3) is 0.368. The number of hydrogen-bond donors (Lipinski definition) is 1. The second-order valence-electron chi connectivity index (χ2n) is 6.28. The molecule has 0 aliphatic rings. The molecule has 0 saturated heterocycles. The zero-order valence-electron chi connectivity index (χ0n) is 12.8. The molecule has 0 fully saturated rings. The lowest BCUT2D eigenvalue weighted by molar-refractivity contribution is -0.0726. The molecule has 106 valence electrons. The van der Waals surface area contributed by atoms with Crippen molar-refractivity contribution in [2.24, 2.45) is 5.92 Å². The van der Waals surface area contributed by atoms with Crippen molar-refractivity contribution < 1.29 is 5.11 Å². The SMILES string of the molecule is CC(C)C(O)(c1ccccc1)C(C)(C)c1ccccc1. The van der Waals surface area contributed by atoms with Crippen LogP contribution < -0.4 is 0 Å². The quantitative estimate of drug-likeness (QED) is 0.865. The Hall–Kier alpha value is -1.60. The van der Waals surface area contributed by atoms with Gasteiger partial charge >= 0.3 is 0 Å². The van der Waals surface area contributed by atoms with Gasteiger partial charge in [0.25, 0.3) is 0 Å². The third kappa shape index (κ3) is 2.27. The van der Waals surface area contributed by atoms with Crippen molar-refractivity contribution in [3.8, 4) is 0 Å². The first-order valence-electron chi connectivity index (χ1n) is 7.24. The van der Waals surface area contributed by atoms with E-state index in [4.69, 9.17) is 0 Å². The van der Waals surface area contributed by atoms with Crippen LogP contribution in [0.4, 0.5) is 0 Å². The normalized spacial score (nSPS) is 15.1. The third-order valence-corrected chi connectivity index (χ3v) is 4.50. The van der Waals surface area contributed by atoms with E-state index in [2.05, 4.69) is 39.8 Å². The molecule has 0 amide bonds. The Balaban J connectivity index is 2.59. The Bertz CT molecular complexity index is 542. The molecule has 1 N–H and O–H groups in total. The van der Waals surface area contributed by atoms with Crippen LogP contribution in [0.5, 0.6) is 0 Å². The summed E-state index contributed by atoms with van der Waals surface area (Å²) in [4.78, 5) is 0. The number of benzene rings is 2. The first-order chi connectivity index (χ1) is 9.40. The van der Waals surface area contributed by atoms with E-state index in [1.807, 2.05) is 48.5 Å². The van der Waals surface area contributed by atoms with Crippen LogP contribution >= 0.6 is 0 Å². The zero-order valence-corrected chi connectivity index (χ0v) is 12.8. The summed E-state index contributed by atoms with van der Waals surface area (Å²) in [5.74, 6) is 0.111. The van der Waals surface area contributed by atoms with Gasteiger partial charge in [-0.1, -0.05) is 88.4 Å². The number of hydrogen-bond acceptors (Lipinski definition) is 1. The van der Waals surface area contributed by atoms with Gasteiger partial charge in [0.2, 0.25) is 0 Å². The molecule has 2 aromatic carbocycles. The molecule has 20 heavy (non-hydrogen) atoms. The lowest BCUT2D eigenvalue weighted by atomic mass is 9.62. The average Bonchev–Trinajstić information content (AvgIpc) is 2.47. The van der Waals surface area contributed by atoms with Crippen LogP contribution in [0.2, 0.25) is 0 Å². The summed E-state index contributed by atoms with van der Waals surface area (Å²) in [5, 5.41) is 11.5. The summed E-state index contributed by atoms with van der Waals surface area (Å²) < 4.78 is 0. The maximum atomic E-state index is 11.5. The van der Waals surface area contributed by atoms with E-state index in [9.17, 15) is 5.11 Å². The molecule has 1 atom stereocenters. The van der Waals surface area contributed by atoms with Gasteiger partial charge < -0.3 is 5.11 Å². The molecule has 0 aromatic heterocycles. The number of aliphatic hydroxyl groups is 1. The van der Waals surface area contributed by atoms with Gasteiger partial charge in [-0.2, -0.15) is 0 Å². The summed E-state index contributed by atoms with van der Waals surface area (Å²) in [6.45, 7) is 8.40. The highest BCUT2D eigenvalue weighted by molar-refractivity contribution is 5.35. The first-order valence-corrected chi connectivity index (χ1v) is 7.24. The molecule has 0 saturated carbocycles. The van der Waals surface area contributed by atoms with Gasteiger partial charge in [0.05, 0.1) is 0 Å². The van der Waals surface area contributed by atoms with E-state index in [1.54, 1.807) is 0 Å². The van der Waals surface area contributed by atoms with E-state index in [-0.39, 0.29) is 11.3 Å². The van der Waals surface area contributed by atoms with Gasteiger partial charge in [-0.3, -0.25) is 0 Å². The van der Waals surface area contributed by atoms with Crippen LogP contribution in [-0.2, 0) is 11.0 Å². The summed E-state index contributed by atoms with van der Waals surface area (Å²) in [5.41, 5.74) is 0.850. The van der Waals surface area contributed by atoms with Crippen LogP contribution in [0, 0.1) is 5.92 Å². The predicted molar refractivity (Wildman–Crippen MR) is 84.6 cm³/mol. The van der Waals surface area contributed by atoms with E-state index < -0.39 is 5.60 Å². The van der Waals surface area contributed by atoms with Crippen molar-refractivity contribution >= 4 is 0 Å². The minimum atomic E-state index is -0.907. The molecular formula is C19H24O. The standard InChI is InChI=1S/C19H24O/c1-15(2)19(20,17-13-9-6-10-14-17)18(3,4)16-11-7-5-8-12-16/h5-15,20H,1-4H3. The van der Waals surface area contributed by atoms with Gasteiger partial charge in [0.15, 0.2) is 0 Å². The molecule has 0 aliphatic carbocycles. The third-order valence-electron chi connectivity index (χ3n) is 4.50. The Kier molecular flexibility index (Phi) is 4.01. The topological polar surface area (TPSA) is 20.2 Å². The minimum absolute atomic E-state index is 0.111. The Morgan fingerprint density at radius 1 is 0.750 bits per heavy atom. The first kappa shape index (κ1) is 14.8. The lowest BCUT2D eigenvalue weighted by Gasteiger charge is -2.46. The smallest absolute Gasteiger partial charge is 0.101 e. The molecular weight excluding hydrogens is 244 g/mol. The average molecular weight is 268 g/mol. The van der Waals surface area contributed by atoms with Crippen molar-refractivity contribution in [1.82, 2.24) is 0 Å². The monoisotopic (exact) mass is 268 g/mol. The van der Waals surface area contributed by atoms with Crippen LogP contribution in [0.3, 0.4) is 0 Å². The zero-order chi connectivity index (χ0) is 14.8. The molecule has 1 unspecified atom stereocenters. The molecule has 2 rings (SSSR count). The summed E-state index contributed by atoms with van der Waals surface area (Å²) >= 11 is 0. The number of rotatable bonds is 4. The van der Waals surface area contributed by atoms with Crippen LogP contribution in [0.1, 0.15) is 38.8 Å². The lowest BCUT2D eigenvalue weighted by Crippen LogP contribution is -2.49. The highest BCUT2D eigenvalue weighted by Gasteiger charge is 2.48. The van der Waals surface area contributed by atoms with Gasteiger partial charge in [-0.15, -0.1) is 0 Å². The van der Waals surface area contributed by atoms with Crippen molar-refractivity contribution in [2.75, 3.05) is 0 Å². The predicted octanol–water partition coefficient (Wildman–Crippen LogP) is 4.51. The Morgan fingerprint density at radius 3 is 1.55 bits per heavy atom. The molecule has 0 radical (unpaired) electrons. The Morgan fingerprint density at radius 2 is 1.15 bits per heavy atom. The van der Waals surface area contributed by atoms with Gasteiger partial charge in [-0.05, 0) is 17.0 Å². The van der Waals surface area contributed by atoms with Gasteiger partial charge in [0, 0.05) is 5.41 Å². The molecule has 0 spiro atoms. The fourth-order valence-corrected chi connectivity index (χ4v) is 3.18. The second-order valence-corrected chi connectivity index (χ2v) is 6.28. The minimum Gasteiger partial charge on any atom is -0.384 e. The highest BCUT2D eigenvalue weighted by Crippen LogP contribution is 2.46.